The molecule has 4 atom stereocenters. The number of halogens is 1. The smallest absolute Gasteiger partial charge is 0.142 e. The van der Waals surface area contributed by atoms with Gasteiger partial charge in [-0.1, -0.05) is 67.1 Å². The van der Waals surface area contributed by atoms with Crippen LogP contribution in [0.1, 0.15) is 42.5 Å². The van der Waals surface area contributed by atoms with Crippen LogP contribution >= 0.6 is 12.4 Å². The van der Waals surface area contributed by atoms with E-state index in [1.54, 1.807) is 0 Å². The van der Waals surface area contributed by atoms with Gasteiger partial charge in [0, 0.05) is 23.9 Å². The van der Waals surface area contributed by atoms with E-state index in [4.69, 9.17) is 0 Å². The molecule has 2 aromatic rings. The third kappa shape index (κ3) is 2.78. The Kier molecular flexibility index (Phi) is 5.07. The molecule has 126 valence electrons. The summed E-state index contributed by atoms with van der Waals surface area (Å²) in [6.45, 7) is 0. The monoisotopic (exact) mass is 341 g/mol. The van der Waals surface area contributed by atoms with Crippen LogP contribution < -0.4 is 0 Å². The van der Waals surface area contributed by atoms with E-state index in [2.05, 4.69) is 60.5 Å². The molecular weight excluding hydrogens is 318 g/mol. The first-order valence-electron chi connectivity index (χ1n) is 8.63. The molecule has 1 aliphatic carbocycles. The summed E-state index contributed by atoms with van der Waals surface area (Å²) in [6, 6.07) is 21.5. The lowest BCUT2D eigenvalue weighted by atomic mass is 9.66. The minimum atomic E-state index is 0. The van der Waals surface area contributed by atoms with Gasteiger partial charge in [-0.3, -0.25) is 9.69 Å². The number of carbonyl (C=O) groups excluding carboxylic acids is 1. The molecule has 2 fully saturated rings. The Morgan fingerprint density at radius 3 is 1.62 bits per heavy atom. The fourth-order valence-corrected chi connectivity index (χ4v) is 4.72. The third-order valence-corrected chi connectivity index (χ3v) is 5.68. The van der Waals surface area contributed by atoms with Crippen molar-refractivity contribution in [1.29, 1.82) is 0 Å². The van der Waals surface area contributed by atoms with Crippen LogP contribution in [0, 0.1) is 11.8 Å². The van der Waals surface area contributed by atoms with E-state index < -0.39 is 0 Å². The standard InChI is InChI=1S/C21H23NO.ClH/c1-22-19(15-9-4-2-5-10-15)17-13-8-14-18(21(17)23)20(22)16-11-6-3-7-12-16;/h2-7,9-12,17-20H,8,13-14H2,1H3;1H. The van der Waals surface area contributed by atoms with Crippen molar-refractivity contribution in [3.05, 3.63) is 71.8 Å². The first kappa shape index (κ1) is 17.2. The van der Waals surface area contributed by atoms with E-state index in [9.17, 15) is 4.79 Å². The second kappa shape index (κ2) is 7.08. The number of fused-ring (bicyclic) bond motifs is 2. The maximum atomic E-state index is 13.1. The first-order valence-corrected chi connectivity index (χ1v) is 8.63. The van der Waals surface area contributed by atoms with Gasteiger partial charge < -0.3 is 0 Å². The summed E-state index contributed by atoms with van der Waals surface area (Å²) in [5, 5.41) is 0. The summed E-state index contributed by atoms with van der Waals surface area (Å²) < 4.78 is 0. The Labute approximate surface area is 150 Å². The minimum Gasteiger partial charge on any atom is -0.299 e. The highest BCUT2D eigenvalue weighted by Gasteiger charge is 2.49. The Bertz CT molecular complexity index is 630. The average molecular weight is 342 g/mol. The van der Waals surface area contributed by atoms with Crippen molar-refractivity contribution in [1.82, 2.24) is 4.90 Å². The molecule has 1 heterocycles. The molecule has 3 heteroatoms. The molecule has 1 saturated carbocycles. The van der Waals surface area contributed by atoms with Gasteiger partial charge in [-0.2, -0.15) is 0 Å². The summed E-state index contributed by atoms with van der Waals surface area (Å²) in [4.78, 5) is 15.6. The SMILES string of the molecule is CN1C(c2ccccc2)C2CCCC(C2=O)C1c1ccccc1.Cl. The van der Waals surface area contributed by atoms with Gasteiger partial charge in [0.05, 0.1) is 0 Å². The van der Waals surface area contributed by atoms with E-state index in [-0.39, 0.29) is 36.3 Å². The summed E-state index contributed by atoms with van der Waals surface area (Å²) in [5.41, 5.74) is 2.55. The third-order valence-electron chi connectivity index (χ3n) is 5.68. The number of nitrogens with zero attached hydrogens (tertiary/aromatic N) is 1. The van der Waals surface area contributed by atoms with Crippen LogP contribution in [-0.4, -0.2) is 17.7 Å². The Balaban J connectivity index is 0.00000169. The first-order chi connectivity index (χ1) is 11.3. The van der Waals surface area contributed by atoms with Crippen molar-refractivity contribution in [2.24, 2.45) is 11.8 Å². The van der Waals surface area contributed by atoms with Crippen molar-refractivity contribution < 1.29 is 4.79 Å². The molecule has 4 unspecified atom stereocenters. The van der Waals surface area contributed by atoms with Crippen LogP contribution in [0.4, 0.5) is 0 Å². The molecule has 1 saturated heterocycles. The Hall–Kier alpha value is -1.64. The maximum Gasteiger partial charge on any atom is 0.142 e. The number of hydrogen-bond donors (Lipinski definition) is 0. The Morgan fingerprint density at radius 2 is 1.21 bits per heavy atom. The van der Waals surface area contributed by atoms with Crippen LogP contribution in [0.15, 0.2) is 60.7 Å². The molecule has 2 nitrogen and oxygen atoms in total. The van der Waals surface area contributed by atoms with E-state index in [0.717, 1.165) is 12.8 Å². The largest absolute Gasteiger partial charge is 0.299 e. The number of hydrogen-bond acceptors (Lipinski definition) is 2. The molecule has 2 aliphatic rings. The average Bonchev–Trinajstić information content (AvgIpc) is 2.59. The molecule has 0 aromatic heterocycles. The number of rotatable bonds is 2. The maximum absolute atomic E-state index is 13.1. The van der Waals surface area contributed by atoms with Crippen molar-refractivity contribution >= 4 is 18.2 Å². The van der Waals surface area contributed by atoms with E-state index >= 15 is 0 Å². The van der Waals surface area contributed by atoms with Gasteiger partial charge in [0.25, 0.3) is 0 Å². The fourth-order valence-electron chi connectivity index (χ4n) is 4.72. The summed E-state index contributed by atoms with van der Waals surface area (Å²) in [7, 11) is 2.20. The summed E-state index contributed by atoms with van der Waals surface area (Å²) in [5.74, 6) is 0.791. The fraction of sp³-hybridized carbons (Fsp3) is 0.381. The molecule has 0 radical (unpaired) electrons. The van der Waals surface area contributed by atoms with Gasteiger partial charge in [0.2, 0.25) is 0 Å². The minimum absolute atomic E-state index is 0. The lowest BCUT2D eigenvalue weighted by Crippen LogP contribution is -2.51. The number of ketones is 1. The van der Waals surface area contributed by atoms with Crippen LogP contribution in [0.2, 0.25) is 0 Å². The molecule has 2 aromatic carbocycles. The van der Waals surface area contributed by atoms with Crippen LogP contribution in [0.5, 0.6) is 0 Å². The predicted octanol–water partition coefficient (Wildman–Crippen LogP) is 4.82. The zero-order chi connectivity index (χ0) is 15.8. The number of benzene rings is 2. The highest BCUT2D eigenvalue weighted by Crippen LogP contribution is 2.50. The van der Waals surface area contributed by atoms with Gasteiger partial charge in [0.1, 0.15) is 5.78 Å². The zero-order valence-corrected chi connectivity index (χ0v) is 14.8. The van der Waals surface area contributed by atoms with Crippen molar-refractivity contribution in [2.75, 3.05) is 7.05 Å². The lowest BCUT2D eigenvalue weighted by Gasteiger charge is -2.50. The van der Waals surface area contributed by atoms with Gasteiger partial charge in [-0.15, -0.1) is 12.4 Å². The normalized spacial score (nSPS) is 29.8. The van der Waals surface area contributed by atoms with Crippen LogP contribution in [0.25, 0.3) is 0 Å². The molecule has 0 amide bonds. The Morgan fingerprint density at radius 1 is 0.792 bits per heavy atom. The number of Topliss-reactive ketones (excluding diaryl/α,β-unsaturated/α-hetero) is 1. The number of likely N-dealkylation sites (tertiary alicyclic amines) is 1. The van der Waals surface area contributed by atoms with E-state index in [0.29, 0.717) is 5.78 Å². The van der Waals surface area contributed by atoms with Gasteiger partial charge >= 0.3 is 0 Å². The summed E-state index contributed by atoms with van der Waals surface area (Å²) in [6.07, 6.45) is 3.23. The van der Waals surface area contributed by atoms with Crippen LogP contribution in [-0.2, 0) is 4.79 Å². The van der Waals surface area contributed by atoms with Crippen molar-refractivity contribution in [3.8, 4) is 0 Å². The van der Waals surface area contributed by atoms with E-state index in [1.807, 2.05) is 12.1 Å². The number of carbonyl (C=O) groups is 1. The highest BCUT2D eigenvalue weighted by atomic mass is 35.5. The second-order valence-corrected chi connectivity index (χ2v) is 6.92. The van der Waals surface area contributed by atoms with Crippen molar-refractivity contribution in [3.63, 3.8) is 0 Å². The predicted molar refractivity (Wildman–Crippen MR) is 99.2 cm³/mol. The van der Waals surface area contributed by atoms with Crippen molar-refractivity contribution in [2.45, 2.75) is 31.3 Å². The topological polar surface area (TPSA) is 20.3 Å². The second-order valence-electron chi connectivity index (χ2n) is 6.92. The zero-order valence-electron chi connectivity index (χ0n) is 14.0. The highest BCUT2D eigenvalue weighted by molar-refractivity contribution is 5.87. The molecule has 4 rings (SSSR count). The molecule has 0 spiro atoms. The number of piperidine rings is 1. The lowest BCUT2D eigenvalue weighted by molar-refractivity contribution is -0.143. The molecule has 2 bridgehead atoms. The van der Waals surface area contributed by atoms with Crippen LogP contribution in [0.3, 0.4) is 0 Å². The molecule has 0 N–H and O–H groups in total. The van der Waals surface area contributed by atoms with Gasteiger partial charge in [-0.05, 0) is 31.0 Å². The molecule has 1 aliphatic heterocycles. The quantitative estimate of drug-likeness (QED) is 0.780. The molecular formula is C21H24ClNO. The van der Waals surface area contributed by atoms with Gasteiger partial charge in [-0.25, -0.2) is 0 Å². The summed E-state index contributed by atoms with van der Waals surface area (Å²) >= 11 is 0. The van der Waals surface area contributed by atoms with Gasteiger partial charge in [0.15, 0.2) is 0 Å². The molecule has 24 heavy (non-hydrogen) atoms. The van der Waals surface area contributed by atoms with E-state index in [1.165, 1.54) is 17.5 Å².